The molecule has 0 radical (unpaired) electrons. The van der Waals surface area contributed by atoms with Crippen LogP contribution in [0.1, 0.15) is 32.7 Å². The molecular formula is C15H18N2S. The molecule has 0 aliphatic heterocycles. The van der Waals surface area contributed by atoms with Gasteiger partial charge in [0, 0.05) is 17.3 Å². The van der Waals surface area contributed by atoms with Crippen LogP contribution in [-0.4, -0.2) is 4.98 Å². The maximum Gasteiger partial charge on any atom is 0.0934 e. The second-order valence-electron chi connectivity index (χ2n) is 5.14. The van der Waals surface area contributed by atoms with Crippen LogP contribution in [0.15, 0.2) is 24.3 Å². The van der Waals surface area contributed by atoms with Gasteiger partial charge >= 0.3 is 0 Å². The van der Waals surface area contributed by atoms with Crippen molar-refractivity contribution in [3.63, 3.8) is 0 Å². The molecule has 2 unspecified atom stereocenters. The molecule has 1 aliphatic rings. The highest BCUT2D eigenvalue weighted by atomic mass is 32.1. The van der Waals surface area contributed by atoms with E-state index in [0.29, 0.717) is 5.92 Å². The second kappa shape index (κ2) is 4.48. The smallest absolute Gasteiger partial charge is 0.0934 e. The number of aromatic nitrogens is 1. The van der Waals surface area contributed by atoms with Crippen LogP contribution in [-0.2, 0) is 12.8 Å². The van der Waals surface area contributed by atoms with Crippen molar-refractivity contribution in [3.8, 4) is 0 Å². The van der Waals surface area contributed by atoms with Crippen LogP contribution in [0.2, 0.25) is 0 Å². The van der Waals surface area contributed by atoms with Gasteiger partial charge in [0.25, 0.3) is 0 Å². The SMILES string of the molecule is Cc1nc(CC2Cc3ccccc3C2N)sc1C. The minimum Gasteiger partial charge on any atom is -0.324 e. The van der Waals surface area contributed by atoms with Gasteiger partial charge in [0.1, 0.15) is 0 Å². The summed E-state index contributed by atoms with van der Waals surface area (Å²) < 4.78 is 0. The van der Waals surface area contributed by atoms with Crippen molar-refractivity contribution in [1.29, 1.82) is 0 Å². The van der Waals surface area contributed by atoms with Gasteiger partial charge in [-0.2, -0.15) is 0 Å². The highest BCUT2D eigenvalue weighted by molar-refractivity contribution is 7.11. The Morgan fingerprint density at radius 3 is 2.78 bits per heavy atom. The van der Waals surface area contributed by atoms with E-state index in [1.165, 1.54) is 26.7 Å². The number of rotatable bonds is 2. The van der Waals surface area contributed by atoms with Crippen molar-refractivity contribution in [2.24, 2.45) is 11.7 Å². The molecule has 18 heavy (non-hydrogen) atoms. The molecule has 1 aromatic heterocycles. The third-order valence-electron chi connectivity index (χ3n) is 3.91. The average Bonchev–Trinajstić information content (AvgIpc) is 2.83. The summed E-state index contributed by atoms with van der Waals surface area (Å²) in [4.78, 5) is 5.96. The van der Waals surface area contributed by atoms with E-state index >= 15 is 0 Å². The first kappa shape index (κ1) is 11.9. The fourth-order valence-corrected chi connectivity index (χ4v) is 3.79. The summed E-state index contributed by atoms with van der Waals surface area (Å²) in [5, 5.41) is 1.23. The third-order valence-corrected chi connectivity index (χ3v) is 5.01. The Labute approximate surface area is 112 Å². The highest BCUT2D eigenvalue weighted by Gasteiger charge is 2.30. The Kier molecular flexibility index (Phi) is 2.96. The molecule has 94 valence electrons. The molecule has 0 saturated heterocycles. The Morgan fingerprint density at radius 1 is 1.33 bits per heavy atom. The minimum absolute atomic E-state index is 0.172. The zero-order chi connectivity index (χ0) is 12.7. The number of aryl methyl sites for hydroxylation is 2. The molecule has 0 saturated carbocycles. The molecule has 2 atom stereocenters. The molecule has 2 N–H and O–H groups in total. The van der Waals surface area contributed by atoms with Gasteiger partial charge in [-0.3, -0.25) is 0 Å². The van der Waals surface area contributed by atoms with Crippen molar-refractivity contribution in [2.45, 2.75) is 32.7 Å². The fraction of sp³-hybridized carbons (Fsp3) is 0.400. The average molecular weight is 258 g/mol. The third kappa shape index (κ3) is 1.98. The molecule has 1 heterocycles. The summed E-state index contributed by atoms with van der Waals surface area (Å²) >= 11 is 1.82. The van der Waals surface area contributed by atoms with Gasteiger partial charge < -0.3 is 5.73 Å². The number of hydrogen-bond acceptors (Lipinski definition) is 3. The van der Waals surface area contributed by atoms with Gasteiger partial charge in [0.15, 0.2) is 0 Å². The van der Waals surface area contributed by atoms with Crippen molar-refractivity contribution >= 4 is 11.3 Å². The summed E-state index contributed by atoms with van der Waals surface area (Å²) in [5.74, 6) is 0.507. The predicted octanol–water partition coefficient (Wildman–Crippen LogP) is 3.17. The molecule has 0 fully saturated rings. The Bertz CT molecular complexity index is 554. The maximum atomic E-state index is 6.36. The minimum atomic E-state index is 0.172. The topological polar surface area (TPSA) is 38.9 Å². The molecule has 1 aliphatic carbocycles. The molecule has 0 spiro atoms. The quantitative estimate of drug-likeness (QED) is 0.898. The van der Waals surface area contributed by atoms with Crippen LogP contribution in [0.4, 0.5) is 0 Å². The first-order valence-electron chi connectivity index (χ1n) is 6.41. The van der Waals surface area contributed by atoms with E-state index in [1.54, 1.807) is 0 Å². The van der Waals surface area contributed by atoms with Crippen molar-refractivity contribution in [2.75, 3.05) is 0 Å². The van der Waals surface area contributed by atoms with Crippen molar-refractivity contribution < 1.29 is 0 Å². The first-order chi connectivity index (χ1) is 8.65. The monoisotopic (exact) mass is 258 g/mol. The molecule has 3 rings (SSSR count). The van der Waals surface area contributed by atoms with E-state index in [9.17, 15) is 0 Å². The molecular weight excluding hydrogens is 240 g/mol. The number of thiazole rings is 1. The molecule has 0 bridgehead atoms. The summed E-state index contributed by atoms with van der Waals surface area (Å²) in [6.07, 6.45) is 2.10. The van der Waals surface area contributed by atoms with Gasteiger partial charge in [-0.15, -0.1) is 11.3 Å². The van der Waals surface area contributed by atoms with E-state index in [1.807, 2.05) is 11.3 Å². The maximum absolute atomic E-state index is 6.36. The van der Waals surface area contributed by atoms with Gasteiger partial charge in [0.2, 0.25) is 0 Å². The van der Waals surface area contributed by atoms with Crippen LogP contribution in [0.25, 0.3) is 0 Å². The number of fused-ring (bicyclic) bond motifs is 1. The summed E-state index contributed by atoms with van der Waals surface area (Å²) in [6.45, 7) is 4.22. The first-order valence-corrected chi connectivity index (χ1v) is 7.23. The normalized spacial score (nSPS) is 22.2. The van der Waals surface area contributed by atoms with Crippen LogP contribution in [0.5, 0.6) is 0 Å². The standard InChI is InChI=1S/C15H18N2S/c1-9-10(2)18-14(17-9)8-12-7-11-5-3-4-6-13(11)15(12)16/h3-6,12,15H,7-8,16H2,1-2H3. The Balaban J connectivity index is 1.80. The summed E-state index contributed by atoms with van der Waals surface area (Å²) in [7, 11) is 0. The zero-order valence-corrected chi connectivity index (χ0v) is 11.6. The number of nitrogens with two attached hydrogens (primary N) is 1. The summed E-state index contributed by atoms with van der Waals surface area (Å²) in [6, 6.07) is 8.72. The molecule has 2 aromatic rings. The van der Waals surface area contributed by atoms with Gasteiger partial charge in [0.05, 0.1) is 10.7 Å². The molecule has 2 nitrogen and oxygen atoms in total. The number of hydrogen-bond donors (Lipinski definition) is 1. The van der Waals surface area contributed by atoms with E-state index in [0.717, 1.165) is 12.8 Å². The van der Waals surface area contributed by atoms with Gasteiger partial charge in [-0.25, -0.2) is 4.98 Å². The largest absolute Gasteiger partial charge is 0.324 e. The number of nitrogens with zero attached hydrogens (tertiary/aromatic N) is 1. The van der Waals surface area contributed by atoms with Crippen molar-refractivity contribution in [3.05, 3.63) is 51.0 Å². The number of benzene rings is 1. The lowest BCUT2D eigenvalue weighted by atomic mass is 9.98. The van der Waals surface area contributed by atoms with Gasteiger partial charge in [-0.1, -0.05) is 24.3 Å². The molecule has 0 amide bonds. The van der Waals surface area contributed by atoms with Crippen LogP contribution in [0, 0.1) is 19.8 Å². The molecule has 3 heteroatoms. The lowest BCUT2D eigenvalue weighted by molar-refractivity contribution is 0.464. The van der Waals surface area contributed by atoms with Crippen molar-refractivity contribution in [1.82, 2.24) is 4.98 Å². The lowest BCUT2D eigenvalue weighted by Gasteiger charge is -2.14. The summed E-state index contributed by atoms with van der Waals surface area (Å²) in [5.41, 5.74) is 10.3. The zero-order valence-electron chi connectivity index (χ0n) is 10.8. The molecule has 1 aromatic carbocycles. The van der Waals surface area contributed by atoms with E-state index in [4.69, 9.17) is 5.73 Å². The van der Waals surface area contributed by atoms with E-state index < -0.39 is 0 Å². The van der Waals surface area contributed by atoms with Crippen LogP contribution in [0.3, 0.4) is 0 Å². The Hall–Kier alpha value is -1.19. The van der Waals surface area contributed by atoms with Gasteiger partial charge in [-0.05, 0) is 37.3 Å². The Morgan fingerprint density at radius 2 is 2.11 bits per heavy atom. The lowest BCUT2D eigenvalue weighted by Crippen LogP contribution is -2.18. The fourth-order valence-electron chi connectivity index (χ4n) is 2.76. The van der Waals surface area contributed by atoms with Crippen LogP contribution < -0.4 is 5.73 Å². The van der Waals surface area contributed by atoms with E-state index in [-0.39, 0.29) is 6.04 Å². The second-order valence-corrected chi connectivity index (χ2v) is 6.43. The highest BCUT2D eigenvalue weighted by Crippen LogP contribution is 2.36. The van der Waals surface area contributed by atoms with E-state index in [2.05, 4.69) is 43.1 Å². The van der Waals surface area contributed by atoms with Crippen LogP contribution >= 0.6 is 11.3 Å². The predicted molar refractivity (Wildman–Crippen MR) is 75.9 cm³/mol.